The number of ketones is 1. The summed E-state index contributed by atoms with van der Waals surface area (Å²) in [5.41, 5.74) is 1.64. The maximum Gasteiger partial charge on any atom is 0.415 e. The van der Waals surface area contributed by atoms with Crippen LogP contribution in [0.2, 0.25) is 0 Å². The topological polar surface area (TPSA) is 143 Å². The molecule has 2 N–H and O–H groups in total. The predicted octanol–water partition coefficient (Wildman–Crippen LogP) is 4.05. The lowest BCUT2D eigenvalue weighted by Gasteiger charge is -2.31. The zero-order valence-electron chi connectivity index (χ0n) is 26.5. The highest BCUT2D eigenvalue weighted by Gasteiger charge is 2.39. The van der Waals surface area contributed by atoms with Crippen LogP contribution < -0.4 is 15.0 Å². The number of amides is 2. The molecule has 1 heterocycles. The summed E-state index contributed by atoms with van der Waals surface area (Å²) < 4.78 is 39.4. The molecule has 11 nitrogen and oxygen atoms in total. The molecule has 4 rings (SSSR count). The standard InChI is InChI=1S/C34H41N3O8S/c1-5-23(2)20-36(46(42,43)29-16-14-28(44-4)15-17-29)21-31(39)30(18-25-10-7-6-8-11-25)35-33(40)32-22-37(34(41)45-32)27-13-9-12-26(19-27)24(3)38/h6-17,19,23,30-32,39H,5,18,20-22H2,1-4H3,(H,35,40)/t23-,30?,31+,32?/m0/s1. The van der Waals surface area contributed by atoms with Crippen molar-refractivity contribution in [3.63, 3.8) is 0 Å². The number of sulfonamides is 1. The number of anilines is 1. The van der Waals surface area contributed by atoms with Gasteiger partial charge in [-0.15, -0.1) is 0 Å². The molecule has 0 bridgehead atoms. The number of carbonyl (C=O) groups is 3. The first-order valence-corrected chi connectivity index (χ1v) is 16.6. The predicted molar refractivity (Wildman–Crippen MR) is 173 cm³/mol. The lowest BCUT2D eigenvalue weighted by Crippen LogP contribution is -2.53. The molecule has 0 radical (unpaired) electrons. The number of hydrogen-bond acceptors (Lipinski definition) is 8. The second-order valence-electron chi connectivity index (χ2n) is 11.5. The maximum absolute atomic E-state index is 13.8. The Labute approximate surface area is 270 Å². The van der Waals surface area contributed by atoms with Gasteiger partial charge in [-0.3, -0.25) is 14.5 Å². The van der Waals surface area contributed by atoms with Crippen LogP contribution in [0.4, 0.5) is 10.5 Å². The number of ether oxygens (including phenoxy) is 2. The molecule has 0 saturated carbocycles. The van der Waals surface area contributed by atoms with Gasteiger partial charge in [-0.2, -0.15) is 4.31 Å². The van der Waals surface area contributed by atoms with E-state index >= 15 is 0 Å². The number of aliphatic hydroxyl groups excluding tert-OH is 1. The minimum Gasteiger partial charge on any atom is -0.497 e. The molecule has 246 valence electrons. The zero-order valence-corrected chi connectivity index (χ0v) is 27.3. The van der Waals surface area contributed by atoms with Gasteiger partial charge in [-0.05, 0) is 61.2 Å². The second-order valence-corrected chi connectivity index (χ2v) is 13.4. The first kappa shape index (κ1) is 34.6. The van der Waals surface area contributed by atoms with Gasteiger partial charge < -0.3 is 19.9 Å². The van der Waals surface area contributed by atoms with Gasteiger partial charge in [0.2, 0.25) is 10.0 Å². The van der Waals surface area contributed by atoms with Gasteiger partial charge in [0.05, 0.1) is 30.7 Å². The molecular formula is C34H41N3O8S. The lowest BCUT2D eigenvalue weighted by atomic mass is 10.0. The van der Waals surface area contributed by atoms with E-state index in [1.165, 1.54) is 35.4 Å². The fourth-order valence-electron chi connectivity index (χ4n) is 5.11. The Morgan fingerprint density at radius 3 is 2.39 bits per heavy atom. The third-order valence-corrected chi connectivity index (χ3v) is 9.91. The van der Waals surface area contributed by atoms with Crippen molar-refractivity contribution in [3.8, 4) is 5.75 Å². The highest BCUT2D eigenvalue weighted by molar-refractivity contribution is 7.89. The lowest BCUT2D eigenvalue weighted by molar-refractivity contribution is -0.129. The summed E-state index contributed by atoms with van der Waals surface area (Å²) in [6, 6.07) is 20.8. The molecule has 0 aliphatic carbocycles. The van der Waals surface area contributed by atoms with E-state index in [2.05, 4.69) is 5.32 Å². The minimum atomic E-state index is -4.03. The Hall–Kier alpha value is -4.26. The molecule has 1 saturated heterocycles. The molecule has 1 aliphatic heterocycles. The van der Waals surface area contributed by atoms with Crippen LogP contribution in [-0.2, 0) is 26.0 Å². The number of rotatable bonds is 15. The van der Waals surface area contributed by atoms with Crippen molar-refractivity contribution in [2.45, 2.75) is 56.8 Å². The molecular weight excluding hydrogens is 610 g/mol. The van der Waals surface area contributed by atoms with E-state index in [0.717, 1.165) is 5.56 Å². The van der Waals surface area contributed by atoms with Crippen LogP contribution in [0.25, 0.3) is 0 Å². The van der Waals surface area contributed by atoms with Crippen LogP contribution in [0, 0.1) is 5.92 Å². The molecule has 2 unspecified atom stereocenters. The Morgan fingerprint density at radius 1 is 1.07 bits per heavy atom. The van der Waals surface area contributed by atoms with E-state index in [4.69, 9.17) is 9.47 Å². The normalized spacial score (nSPS) is 16.9. The van der Waals surface area contributed by atoms with Gasteiger partial charge in [0.25, 0.3) is 5.91 Å². The largest absolute Gasteiger partial charge is 0.497 e. The molecule has 46 heavy (non-hydrogen) atoms. The van der Waals surface area contributed by atoms with Gasteiger partial charge in [0, 0.05) is 24.3 Å². The third-order valence-electron chi connectivity index (χ3n) is 8.06. The van der Waals surface area contributed by atoms with Gasteiger partial charge in [-0.1, -0.05) is 62.7 Å². The third kappa shape index (κ3) is 8.51. The van der Waals surface area contributed by atoms with Gasteiger partial charge in [-0.25, -0.2) is 13.2 Å². The van der Waals surface area contributed by atoms with Crippen LogP contribution >= 0.6 is 0 Å². The SMILES string of the molecule is CC[C@H](C)CN(C[C@@H](O)C(Cc1ccccc1)NC(=O)C1CN(c2cccc(C(C)=O)c2)C(=O)O1)S(=O)(=O)c1ccc(OC)cc1. The van der Waals surface area contributed by atoms with Crippen molar-refractivity contribution in [2.24, 2.45) is 5.92 Å². The first-order chi connectivity index (χ1) is 21.9. The summed E-state index contributed by atoms with van der Waals surface area (Å²) in [5, 5.41) is 14.4. The molecule has 1 aliphatic rings. The number of Topliss-reactive ketones (excluding diaryl/α,β-unsaturated/α-hetero) is 1. The molecule has 0 aromatic heterocycles. The van der Waals surface area contributed by atoms with Crippen LogP contribution in [-0.4, -0.2) is 80.6 Å². The molecule has 3 aromatic carbocycles. The van der Waals surface area contributed by atoms with E-state index in [-0.39, 0.29) is 42.7 Å². The first-order valence-electron chi connectivity index (χ1n) is 15.2. The molecule has 12 heteroatoms. The number of cyclic esters (lactones) is 1. The molecule has 0 spiro atoms. The van der Waals surface area contributed by atoms with Crippen LogP contribution in [0.5, 0.6) is 5.75 Å². The second kappa shape index (κ2) is 15.4. The van der Waals surface area contributed by atoms with Crippen LogP contribution in [0.3, 0.4) is 0 Å². The Kier molecular flexibility index (Phi) is 11.5. The van der Waals surface area contributed by atoms with E-state index < -0.39 is 40.3 Å². The zero-order chi connectivity index (χ0) is 33.4. The van der Waals surface area contributed by atoms with Crippen molar-refractivity contribution in [1.29, 1.82) is 0 Å². The summed E-state index contributed by atoms with van der Waals surface area (Å²) in [4.78, 5) is 39.4. The number of nitrogens with zero attached hydrogens (tertiary/aromatic N) is 2. The van der Waals surface area contributed by atoms with Crippen molar-refractivity contribution >= 4 is 33.5 Å². The number of benzene rings is 3. The molecule has 3 aromatic rings. The number of aliphatic hydroxyl groups is 1. The highest BCUT2D eigenvalue weighted by atomic mass is 32.2. The summed E-state index contributed by atoms with van der Waals surface area (Å²) in [7, 11) is -2.53. The minimum absolute atomic E-state index is 0.00669. The van der Waals surface area contributed by atoms with Crippen LogP contribution in [0.15, 0.2) is 83.8 Å². The fraction of sp³-hybridized carbons (Fsp3) is 0.382. The average molecular weight is 652 g/mol. The molecule has 1 fully saturated rings. The Bertz CT molecular complexity index is 1610. The molecule has 2 amide bonds. The summed E-state index contributed by atoms with van der Waals surface area (Å²) in [6.07, 6.45) is -2.35. The van der Waals surface area contributed by atoms with E-state index in [0.29, 0.717) is 23.4 Å². The van der Waals surface area contributed by atoms with Crippen molar-refractivity contribution in [2.75, 3.05) is 31.6 Å². The number of carbonyl (C=O) groups excluding carboxylic acids is 3. The Balaban J connectivity index is 1.56. The van der Waals surface area contributed by atoms with Crippen molar-refractivity contribution in [1.82, 2.24) is 9.62 Å². The van der Waals surface area contributed by atoms with E-state index in [1.54, 1.807) is 36.4 Å². The fourth-order valence-corrected chi connectivity index (χ4v) is 6.69. The van der Waals surface area contributed by atoms with Gasteiger partial charge >= 0.3 is 6.09 Å². The average Bonchev–Trinajstić information content (AvgIpc) is 3.46. The van der Waals surface area contributed by atoms with E-state index in [1.807, 2.05) is 44.2 Å². The van der Waals surface area contributed by atoms with Gasteiger partial charge in [0.15, 0.2) is 11.9 Å². The van der Waals surface area contributed by atoms with Gasteiger partial charge in [0.1, 0.15) is 5.75 Å². The Morgan fingerprint density at radius 2 is 1.76 bits per heavy atom. The van der Waals surface area contributed by atoms with Crippen molar-refractivity contribution in [3.05, 3.63) is 90.0 Å². The van der Waals surface area contributed by atoms with Crippen molar-refractivity contribution < 1.29 is 37.4 Å². The number of nitrogens with one attached hydrogen (secondary N) is 1. The molecule has 4 atom stereocenters. The number of methoxy groups -OCH3 is 1. The van der Waals surface area contributed by atoms with Crippen LogP contribution in [0.1, 0.15) is 43.1 Å². The smallest absolute Gasteiger partial charge is 0.415 e. The summed E-state index contributed by atoms with van der Waals surface area (Å²) in [5.74, 6) is -0.300. The van der Waals surface area contributed by atoms with E-state index in [9.17, 15) is 27.9 Å². The maximum atomic E-state index is 13.8. The summed E-state index contributed by atoms with van der Waals surface area (Å²) >= 11 is 0. The highest BCUT2D eigenvalue weighted by Crippen LogP contribution is 2.25. The monoisotopic (exact) mass is 651 g/mol. The quantitative estimate of drug-likeness (QED) is 0.235. The number of hydrogen-bond donors (Lipinski definition) is 2. The summed E-state index contributed by atoms with van der Waals surface area (Å²) in [6.45, 7) is 5.07.